The first-order valence-electron chi connectivity index (χ1n) is 9.63. The van der Waals surface area contributed by atoms with Gasteiger partial charge < -0.3 is 13.7 Å². The summed E-state index contributed by atoms with van der Waals surface area (Å²) in [5.41, 5.74) is 0. The van der Waals surface area contributed by atoms with Crippen LogP contribution in [0.1, 0.15) is 90.2 Å². The van der Waals surface area contributed by atoms with Crippen LogP contribution in [0.5, 0.6) is 5.95 Å². The maximum Gasteiger partial charge on any atom is 0.284 e. The van der Waals surface area contributed by atoms with E-state index in [1.54, 1.807) is 6.07 Å². The van der Waals surface area contributed by atoms with E-state index in [1.165, 1.54) is 51.0 Å². The molecule has 0 aromatic carbocycles. The number of unbranched alkanes of at least 4 members (excludes halogenated alkanes) is 7. The Bertz CT molecular complexity index is 550. The molecule has 1 heterocycles. The molecule has 25 heavy (non-hydrogen) atoms. The molecule has 0 N–H and O–H groups in total. The van der Waals surface area contributed by atoms with E-state index >= 15 is 0 Å². The van der Waals surface area contributed by atoms with Gasteiger partial charge in [-0.25, -0.2) is 8.42 Å². The van der Waals surface area contributed by atoms with Gasteiger partial charge >= 0.3 is 0 Å². The van der Waals surface area contributed by atoms with Gasteiger partial charge in [0.15, 0.2) is 0 Å². The fourth-order valence-corrected chi connectivity index (χ4v) is 3.38. The minimum Gasteiger partial charge on any atom is -0.748 e. The zero-order valence-electron chi connectivity index (χ0n) is 15.7. The molecule has 0 bridgehead atoms. The fraction of sp³-hybridized carbons (Fsp3) is 0.789. The third-order valence-corrected chi connectivity index (χ3v) is 4.89. The number of hydrogen-bond donors (Lipinski definition) is 0. The normalized spacial score (nSPS) is 13.1. The van der Waals surface area contributed by atoms with E-state index in [9.17, 15) is 13.0 Å². The van der Waals surface area contributed by atoms with E-state index in [0.29, 0.717) is 5.95 Å². The monoisotopic (exact) mass is 373 g/mol. The molecular formula is C19H33O5S-. The standard InChI is InChI=1S/C19H34O5S/c1-3-5-7-9-11-13-17(12-10-8-6-4-2)23-19-15-14-18(24-19)16-25(20,21)22/h14-15,17H,3-13,16H2,1-2H3,(H,20,21,22)/p-1. The molecular weight excluding hydrogens is 340 g/mol. The molecule has 1 aromatic heterocycles. The van der Waals surface area contributed by atoms with E-state index < -0.39 is 15.9 Å². The summed E-state index contributed by atoms with van der Waals surface area (Å²) in [5, 5.41) is 0. The van der Waals surface area contributed by atoms with Gasteiger partial charge in [-0.05, 0) is 31.7 Å². The molecule has 1 aromatic rings. The Kier molecular flexibility index (Phi) is 10.9. The Morgan fingerprint density at radius 2 is 1.52 bits per heavy atom. The summed E-state index contributed by atoms with van der Waals surface area (Å²) in [7, 11) is -4.34. The van der Waals surface area contributed by atoms with Crippen molar-refractivity contribution in [2.45, 2.75) is 96.3 Å². The van der Waals surface area contributed by atoms with Gasteiger partial charge in [-0.1, -0.05) is 58.8 Å². The van der Waals surface area contributed by atoms with Crippen LogP contribution in [0.15, 0.2) is 16.5 Å². The van der Waals surface area contributed by atoms with E-state index in [-0.39, 0.29) is 11.9 Å². The second kappa shape index (κ2) is 12.4. The van der Waals surface area contributed by atoms with Crippen molar-refractivity contribution in [3.8, 4) is 5.95 Å². The highest BCUT2D eigenvalue weighted by molar-refractivity contribution is 7.84. The van der Waals surface area contributed by atoms with E-state index in [0.717, 1.165) is 25.7 Å². The molecule has 0 spiro atoms. The van der Waals surface area contributed by atoms with E-state index in [4.69, 9.17) is 9.15 Å². The summed E-state index contributed by atoms with van der Waals surface area (Å²) < 4.78 is 43.7. The second-order valence-electron chi connectivity index (χ2n) is 6.71. The van der Waals surface area contributed by atoms with Crippen LogP contribution < -0.4 is 4.74 Å². The van der Waals surface area contributed by atoms with Crippen molar-refractivity contribution in [3.63, 3.8) is 0 Å². The third kappa shape index (κ3) is 11.3. The molecule has 146 valence electrons. The van der Waals surface area contributed by atoms with Crippen molar-refractivity contribution >= 4 is 10.1 Å². The van der Waals surface area contributed by atoms with Crippen LogP contribution in [0, 0.1) is 0 Å². The molecule has 1 rings (SSSR count). The Balaban J connectivity index is 2.49. The van der Waals surface area contributed by atoms with Crippen LogP contribution >= 0.6 is 0 Å². The number of ether oxygens (including phenoxy) is 1. The lowest BCUT2D eigenvalue weighted by Gasteiger charge is -2.17. The minimum absolute atomic E-state index is 0.0846. The zero-order chi connectivity index (χ0) is 18.5. The van der Waals surface area contributed by atoms with Crippen molar-refractivity contribution in [1.29, 1.82) is 0 Å². The topological polar surface area (TPSA) is 79.6 Å². The highest BCUT2D eigenvalue weighted by Crippen LogP contribution is 2.23. The van der Waals surface area contributed by atoms with Gasteiger partial charge in [0, 0.05) is 6.07 Å². The molecule has 0 fully saturated rings. The van der Waals surface area contributed by atoms with Crippen molar-refractivity contribution < 1.29 is 22.1 Å². The van der Waals surface area contributed by atoms with Crippen LogP contribution in [-0.2, 0) is 15.9 Å². The van der Waals surface area contributed by atoms with Gasteiger partial charge in [0.2, 0.25) is 0 Å². The van der Waals surface area contributed by atoms with Crippen molar-refractivity contribution in [2.24, 2.45) is 0 Å². The first-order chi connectivity index (χ1) is 11.9. The smallest absolute Gasteiger partial charge is 0.284 e. The van der Waals surface area contributed by atoms with Crippen LogP contribution in [0.3, 0.4) is 0 Å². The highest BCUT2D eigenvalue weighted by atomic mass is 32.2. The molecule has 0 amide bonds. The van der Waals surface area contributed by atoms with Crippen LogP contribution in [-0.4, -0.2) is 19.1 Å². The quantitative estimate of drug-likeness (QED) is 0.303. The van der Waals surface area contributed by atoms with Gasteiger partial charge in [0.05, 0.1) is 5.75 Å². The predicted molar refractivity (Wildman–Crippen MR) is 98.7 cm³/mol. The maximum absolute atomic E-state index is 10.8. The average molecular weight is 374 g/mol. The number of hydrogen-bond acceptors (Lipinski definition) is 5. The lowest BCUT2D eigenvalue weighted by molar-refractivity contribution is 0.132. The SMILES string of the molecule is CCCCCCCC(CCCCCC)Oc1ccc(CS(=O)(=O)[O-])o1. The summed E-state index contributed by atoms with van der Waals surface area (Å²) in [4.78, 5) is 0. The van der Waals surface area contributed by atoms with Crippen LogP contribution in [0.25, 0.3) is 0 Å². The van der Waals surface area contributed by atoms with Gasteiger partial charge in [-0.3, -0.25) is 0 Å². The van der Waals surface area contributed by atoms with Crippen molar-refractivity contribution in [3.05, 3.63) is 17.9 Å². The zero-order valence-corrected chi connectivity index (χ0v) is 16.5. The molecule has 5 nitrogen and oxygen atoms in total. The van der Waals surface area contributed by atoms with Crippen molar-refractivity contribution in [2.75, 3.05) is 0 Å². The first-order valence-corrected chi connectivity index (χ1v) is 11.2. The van der Waals surface area contributed by atoms with E-state index in [2.05, 4.69) is 13.8 Å². The molecule has 0 saturated carbocycles. The van der Waals surface area contributed by atoms with Gasteiger partial charge in [-0.2, -0.15) is 0 Å². The van der Waals surface area contributed by atoms with Gasteiger partial charge in [-0.15, -0.1) is 0 Å². The summed E-state index contributed by atoms with van der Waals surface area (Å²) in [5.74, 6) is -0.181. The van der Waals surface area contributed by atoms with Crippen LogP contribution in [0.4, 0.5) is 0 Å². The maximum atomic E-state index is 10.8. The molecule has 0 aliphatic heterocycles. The molecule has 1 unspecified atom stereocenters. The molecule has 0 radical (unpaired) electrons. The molecule has 0 aliphatic carbocycles. The largest absolute Gasteiger partial charge is 0.748 e. The summed E-state index contributed by atoms with van der Waals surface area (Å²) in [6, 6.07) is 3.11. The number of rotatable bonds is 15. The highest BCUT2D eigenvalue weighted by Gasteiger charge is 2.14. The summed E-state index contributed by atoms with van der Waals surface area (Å²) in [6.45, 7) is 4.40. The molecule has 0 saturated heterocycles. The minimum atomic E-state index is -4.34. The Hall–Kier alpha value is -1.01. The third-order valence-electron chi connectivity index (χ3n) is 4.25. The van der Waals surface area contributed by atoms with E-state index in [1.807, 2.05) is 0 Å². The average Bonchev–Trinajstić information content (AvgIpc) is 2.96. The van der Waals surface area contributed by atoms with Gasteiger partial charge in [0.25, 0.3) is 5.95 Å². The lowest BCUT2D eigenvalue weighted by Crippen LogP contribution is -2.16. The Morgan fingerprint density at radius 3 is 2.08 bits per heavy atom. The van der Waals surface area contributed by atoms with Crippen LogP contribution in [0.2, 0.25) is 0 Å². The lowest BCUT2D eigenvalue weighted by atomic mass is 10.0. The van der Waals surface area contributed by atoms with Gasteiger partial charge in [0.1, 0.15) is 22.0 Å². The first kappa shape index (κ1) is 22.0. The molecule has 6 heteroatoms. The second-order valence-corrected chi connectivity index (χ2v) is 8.12. The Morgan fingerprint density at radius 1 is 0.960 bits per heavy atom. The molecule has 1 atom stereocenters. The predicted octanol–water partition coefficient (Wildman–Crippen LogP) is 5.40. The fourth-order valence-electron chi connectivity index (χ4n) is 2.87. The summed E-state index contributed by atoms with van der Waals surface area (Å²) >= 11 is 0. The number of furan rings is 1. The molecule has 0 aliphatic rings. The summed E-state index contributed by atoms with van der Waals surface area (Å²) in [6.07, 6.45) is 12.9. The Labute approximate surface area is 152 Å². The van der Waals surface area contributed by atoms with Crippen molar-refractivity contribution in [1.82, 2.24) is 0 Å².